The van der Waals surface area contributed by atoms with Crippen molar-refractivity contribution in [2.24, 2.45) is 0 Å². The van der Waals surface area contributed by atoms with Crippen molar-refractivity contribution in [3.05, 3.63) is 0 Å². The maximum absolute atomic E-state index is 10.1. The molecule has 0 aromatic heterocycles. The van der Waals surface area contributed by atoms with Crippen molar-refractivity contribution in [3.63, 3.8) is 0 Å². The number of aliphatic hydroxyl groups is 10. The van der Waals surface area contributed by atoms with Gasteiger partial charge in [-0.1, -0.05) is 0 Å². The normalized spacial score (nSPS) is 49.1. The molecule has 3 heterocycles. The van der Waals surface area contributed by atoms with Crippen LogP contribution < -0.4 is 0 Å². The lowest BCUT2D eigenvalue weighted by Gasteiger charge is -2.43. The predicted octanol–water partition coefficient (Wildman–Crippen LogP) is -5.70. The van der Waals surface area contributed by atoms with Gasteiger partial charge in [0.05, 0.1) is 30.4 Å². The predicted molar refractivity (Wildman–Crippen MR) is 119 cm³/mol. The largest absolute Gasteiger partial charge is 0.412 e. The summed E-state index contributed by atoms with van der Waals surface area (Å²) in [5, 5.41) is 92.8. The summed E-state index contributed by atoms with van der Waals surface area (Å²) >= 11 is 17.3. The Bertz CT molecular complexity index is 648. The molecule has 0 spiro atoms. The van der Waals surface area contributed by atoms with Gasteiger partial charge in [0.25, 0.3) is 0 Å². The first-order chi connectivity index (χ1) is 16.4. The van der Waals surface area contributed by atoms with Crippen LogP contribution in [0.5, 0.6) is 0 Å². The molecular formula is C18H33Cl3O15. The van der Waals surface area contributed by atoms with Gasteiger partial charge in [0.1, 0.15) is 61.0 Å². The van der Waals surface area contributed by atoms with E-state index in [0.29, 0.717) is 0 Å². The van der Waals surface area contributed by atoms with E-state index >= 15 is 0 Å². The first kappa shape index (κ1) is 34.3. The third-order valence-electron chi connectivity index (χ3n) is 5.83. The highest BCUT2D eigenvalue weighted by Crippen LogP contribution is 2.38. The Labute approximate surface area is 220 Å². The molecule has 0 bridgehead atoms. The number of rotatable bonds is 6. The number of alkyl halides is 3. The molecule has 3 rings (SSSR count). The summed E-state index contributed by atoms with van der Waals surface area (Å²) in [5.41, 5.74) is 0. The van der Waals surface area contributed by atoms with Crippen LogP contribution in [0.1, 0.15) is 0 Å². The summed E-state index contributed by atoms with van der Waals surface area (Å²) in [6.45, 7) is -1.05. The van der Waals surface area contributed by atoms with Gasteiger partial charge in [0.2, 0.25) is 5.79 Å². The zero-order chi connectivity index (χ0) is 26.7. The fraction of sp³-hybridized carbons (Fsp3) is 1.00. The fourth-order valence-corrected chi connectivity index (χ4v) is 4.46. The minimum absolute atomic E-state index is 0. The van der Waals surface area contributed by atoms with E-state index in [1.807, 2.05) is 0 Å². The van der Waals surface area contributed by atoms with Crippen molar-refractivity contribution in [2.75, 3.05) is 25.0 Å². The average molecular weight is 596 g/mol. The summed E-state index contributed by atoms with van der Waals surface area (Å²) in [7, 11) is 0. The number of hydrogen-bond acceptors (Lipinski definition) is 14. The van der Waals surface area contributed by atoms with Gasteiger partial charge < -0.3 is 75.5 Å². The highest BCUT2D eigenvalue weighted by Gasteiger charge is 2.58. The van der Waals surface area contributed by atoms with Crippen molar-refractivity contribution in [1.82, 2.24) is 0 Å². The first-order valence-electron chi connectivity index (χ1n) is 10.5. The Morgan fingerprint density at radius 2 is 1.28 bits per heavy atom. The Morgan fingerprint density at radius 1 is 0.694 bits per heavy atom. The summed E-state index contributed by atoms with van der Waals surface area (Å²) in [6, 6.07) is 0. The van der Waals surface area contributed by atoms with Crippen LogP contribution in [0.25, 0.3) is 0 Å². The van der Waals surface area contributed by atoms with Gasteiger partial charge in [-0.25, -0.2) is 0 Å². The lowest BCUT2D eigenvalue weighted by molar-refractivity contribution is -0.357. The van der Waals surface area contributed by atoms with Gasteiger partial charge in [0.15, 0.2) is 12.6 Å². The van der Waals surface area contributed by atoms with Crippen LogP contribution in [0, 0.1) is 0 Å². The number of ether oxygens (including phenoxy) is 4. The van der Waals surface area contributed by atoms with Crippen LogP contribution in [-0.2, 0) is 18.9 Å². The number of aliphatic hydroxyl groups excluding tert-OH is 10. The SMILES string of the molecule is O.OC[C@H]1O[C@H](O)[C@H](O)[C@@H](O)[C@@H]1O.OC[C@H]1O[C@H](O[C@]2(CCl)O[C@H](CCl)[C@@H](O)[C@@H]2O)[C@H](O)[C@@H](O)[C@H]1Cl. The molecule has 12 N–H and O–H groups in total. The minimum atomic E-state index is -1.90. The molecule has 216 valence electrons. The minimum Gasteiger partial charge on any atom is -0.412 e. The van der Waals surface area contributed by atoms with Crippen molar-refractivity contribution < 1.29 is 75.5 Å². The van der Waals surface area contributed by atoms with Crippen LogP contribution in [0.3, 0.4) is 0 Å². The van der Waals surface area contributed by atoms with Crippen molar-refractivity contribution in [1.29, 1.82) is 0 Å². The fourth-order valence-electron chi connectivity index (χ4n) is 3.64. The molecule has 0 aliphatic carbocycles. The molecule has 0 aromatic carbocycles. The van der Waals surface area contributed by atoms with E-state index in [4.69, 9.17) is 74.5 Å². The van der Waals surface area contributed by atoms with E-state index in [1.54, 1.807) is 0 Å². The molecule has 3 aliphatic rings. The van der Waals surface area contributed by atoms with E-state index in [0.717, 1.165) is 0 Å². The summed E-state index contributed by atoms with van der Waals surface area (Å²) in [5.74, 6) is -2.43. The Morgan fingerprint density at radius 3 is 1.75 bits per heavy atom. The molecular weight excluding hydrogens is 563 g/mol. The second-order valence-electron chi connectivity index (χ2n) is 8.18. The highest BCUT2D eigenvalue weighted by atomic mass is 35.5. The van der Waals surface area contributed by atoms with Crippen LogP contribution in [0.4, 0.5) is 0 Å². The number of hydrogen-bond donors (Lipinski definition) is 10. The van der Waals surface area contributed by atoms with Gasteiger partial charge in [-0.3, -0.25) is 0 Å². The van der Waals surface area contributed by atoms with E-state index in [1.165, 1.54) is 0 Å². The summed E-state index contributed by atoms with van der Waals surface area (Å²) in [4.78, 5) is 0. The first-order valence-corrected chi connectivity index (χ1v) is 12.0. The van der Waals surface area contributed by atoms with Gasteiger partial charge in [-0.05, 0) is 0 Å². The maximum atomic E-state index is 10.1. The monoisotopic (exact) mass is 594 g/mol. The molecule has 0 unspecified atom stereocenters. The third-order valence-corrected chi connectivity index (χ3v) is 7.04. The lowest BCUT2D eigenvalue weighted by Crippen LogP contribution is -2.61. The van der Waals surface area contributed by atoms with Crippen molar-refractivity contribution in [3.8, 4) is 0 Å². The third kappa shape index (κ3) is 7.07. The molecule has 18 heteroatoms. The number of halogens is 3. The van der Waals surface area contributed by atoms with E-state index in [-0.39, 0.29) is 11.4 Å². The summed E-state index contributed by atoms with van der Waals surface area (Å²) in [6.07, 6.45) is -16.4. The Kier molecular flexibility index (Phi) is 13.9. The molecule has 3 fully saturated rings. The molecule has 3 saturated heterocycles. The molecule has 0 saturated carbocycles. The molecule has 0 amide bonds. The molecule has 36 heavy (non-hydrogen) atoms. The van der Waals surface area contributed by atoms with Gasteiger partial charge in [0, 0.05) is 0 Å². The summed E-state index contributed by atoms with van der Waals surface area (Å²) < 4.78 is 20.7. The second kappa shape index (κ2) is 14.6. The average Bonchev–Trinajstić information content (AvgIpc) is 3.10. The van der Waals surface area contributed by atoms with Gasteiger partial charge in [-0.15, -0.1) is 34.8 Å². The molecule has 0 radical (unpaired) electrons. The van der Waals surface area contributed by atoms with Crippen LogP contribution in [0.15, 0.2) is 0 Å². The molecule has 15 nitrogen and oxygen atoms in total. The van der Waals surface area contributed by atoms with Gasteiger partial charge in [-0.2, -0.15) is 0 Å². The standard InChI is InChI=1S/C12H19Cl3O8.C6H12O6.H2O/c13-1-4-7(17)10(20)12(3-14,22-4)23-11-9(19)8(18)6(15)5(2-16)21-11;7-1-2-3(8)4(9)5(10)6(11)12-2;/h4-11,16-20H,1-3H2;2-11H,1H2;1H2/t4-,5-,6+,7-,8+,9-,10+,11-,12+;2-,3-,4+,5-,6+;/m11./s1. The molecule has 3 aliphatic heterocycles. The maximum Gasteiger partial charge on any atom is 0.214 e. The highest BCUT2D eigenvalue weighted by molar-refractivity contribution is 6.21. The van der Waals surface area contributed by atoms with Crippen molar-refractivity contribution in [2.45, 2.75) is 84.8 Å². The Hall–Kier alpha value is 0.270. The topological polar surface area (TPSA) is 271 Å². The van der Waals surface area contributed by atoms with Crippen LogP contribution in [0.2, 0.25) is 0 Å². The van der Waals surface area contributed by atoms with E-state index in [9.17, 15) is 25.5 Å². The zero-order valence-electron chi connectivity index (χ0n) is 18.6. The zero-order valence-corrected chi connectivity index (χ0v) is 20.8. The molecule has 14 atom stereocenters. The Balaban J connectivity index is 0.000000422. The van der Waals surface area contributed by atoms with Gasteiger partial charge >= 0.3 is 0 Å². The molecule has 0 aromatic rings. The van der Waals surface area contributed by atoms with Crippen molar-refractivity contribution >= 4 is 34.8 Å². The quantitative estimate of drug-likeness (QED) is 0.128. The smallest absolute Gasteiger partial charge is 0.214 e. The van der Waals surface area contributed by atoms with E-state index < -0.39 is 104 Å². The van der Waals surface area contributed by atoms with Crippen LogP contribution >= 0.6 is 34.8 Å². The lowest BCUT2D eigenvalue weighted by atomic mass is 10.00. The van der Waals surface area contributed by atoms with Crippen LogP contribution in [-0.4, -0.2) is 166 Å². The van der Waals surface area contributed by atoms with E-state index in [2.05, 4.69) is 4.74 Å². The second-order valence-corrected chi connectivity index (χ2v) is 9.26.